The molecule has 1 atom stereocenters. The average molecular weight is 480 g/mol. The van der Waals surface area contributed by atoms with Crippen molar-refractivity contribution in [2.24, 2.45) is 0 Å². The third-order valence-corrected chi connectivity index (χ3v) is 7.73. The number of nitrogens with one attached hydrogen (secondary N) is 2. The van der Waals surface area contributed by atoms with Gasteiger partial charge in [0.05, 0.1) is 34.4 Å². The predicted molar refractivity (Wildman–Crippen MR) is 126 cm³/mol. The molecule has 0 radical (unpaired) electrons. The molecule has 34 heavy (non-hydrogen) atoms. The minimum Gasteiger partial charge on any atom is -0.310 e. The molecular weight excluding hydrogens is 454 g/mol. The third kappa shape index (κ3) is 5.04. The van der Waals surface area contributed by atoms with Crippen LogP contribution in [0.1, 0.15) is 62.3 Å². The van der Waals surface area contributed by atoms with Gasteiger partial charge in [-0.1, -0.05) is 6.92 Å². The van der Waals surface area contributed by atoms with Crippen LogP contribution in [0.5, 0.6) is 0 Å². The predicted octanol–water partition coefficient (Wildman–Crippen LogP) is 3.24. The molecule has 3 aromatic rings. The number of amides is 1. The second-order valence-electron chi connectivity index (χ2n) is 8.64. The highest BCUT2D eigenvalue weighted by atomic mass is 32.2. The Bertz CT molecular complexity index is 1310. The summed E-state index contributed by atoms with van der Waals surface area (Å²) < 4.78 is 26.8. The smallest absolute Gasteiger partial charge is 0.237 e. The molecule has 3 heterocycles. The van der Waals surface area contributed by atoms with E-state index < -0.39 is 15.9 Å². The number of sulfonamides is 1. The van der Waals surface area contributed by atoms with Crippen molar-refractivity contribution in [1.29, 1.82) is 0 Å². The molecule has 0 bridgehead atoms. The lowest BCUT2D eigenvalue weighted by Gasteiger charge is -2.15. The molecule has 1 unspecified atom stereocenters. The first-order chi connectivity index (χ1) is 16.4. The third-order valence-electron chi connectivity index (χ3n) is 5.91. The van der Waals surface area contributed by atoms with E-state index in [0.29, 0.717) is 36.7 Å². The molecule has 0 aromatic carbocycles. The highest BCUT2D eigenvalue weighted by Crippen LogP contribution is 2.39. The number of carbonyl (C=O) groups excluding carboxylic acids is 1. The Morgan fingerprint density at radius 2 is 1.88 bits per heavy atom. The van der Waals surface area contributed by atoms with Gasteiger partial charge in [-0.3, -0.25) is 14.5 Å². The quantitative estimate of drug-likeness (QED) is 0.477. The van der Waals surface area contributed by atoms with Crippen LogP contribution >= 0.6 is 0 Å². The molecule has 2 N–H and O–H groups in total. The zero-order chi connectivity index (χ0) is 23.7. The second-order valence-corrected chi connectivity index (χ2v) is 10.6. The molecule has 2 saturated carbocycles. The van der Waals surface area contributed by atoms with E-state index in [4.69, 9.17) is 0 Å². The molecule has 2 fully saturated rings. The minimum absolute atomic E-state index is 0.0207. The van der Waals surface area contributed by atoms with Crippen molar-refractivity contribution in [3.8, 4) is 11.3 Å². The van der Waals surface area contributed by atoms with Crippen LogP contribution in [0.2, 0.25) is 0 Å². The SMILES string of the molecule is CCC(C(=O)Nc1ccc(-c2cncc(C3CC3)n2)cn1)c1ccnc(NS(=O)(=O)C2CC2)n1. The Hall–Kier alpha value is -3.47. The Morgan fingerprint density at radius 1 is 1.06 bits per heavy atom. The maximum Gasteiger partial charge on any atom is 0.237 e. The maximum atomic E-state index is 13.0. The Kier molecular flexibility index (Phi) is 5.94. The average Bonchev–Trinajstić information content (AvgIpc) is 3.72. The van der Waals surface area contributed by atoms with Crippen molar-refractivity contribution in [3.05, 3.63) is 54.4 Å². The Labute approximate surface area is 197 Å². The fourth-order valence-corrected chi connectivity index (χ4v) is 4.94. The first-order valence-corrected chi connectivity index (χ1v) is 12.9. The molecule has 2 aliphatic carbocycles. The van der Waals surface area contributed by atoms with Gasteiger partial charge in [-0.25, -0.2) is 28.4 Å². The molecule has 5 rings (SSSR count). The number of hydrogen-bond acceptors (Lipinski definition) is 8. The van der Waals surface area contributed by atoms with Crippen LogP contribution in [-0.2, 0) is 14.8 Å². The van der Waals surface area contributed by atoms with Crippen LogP contribution in [-0.4, -0.2) is 44.5 Å². The standard InChI is InChI=1S/C23H25N7O3S/c1-2-17(18-9-10-25-23(28-18)30-34(32,33)16-6-7-16)22(31)29-21-8-5-15(11-26-21)20-13-24-12-19(27-20)14-3-4-14/h5,8-14,16-17H,2-4,6-7H2,1H3,(H,25,28,30)(H,26,29,31). The second kappa shape index (κ2) is 9.05. The van der Waals surface area contributed by atoms with Crippen LogP contribution in [0.4, 0.5) is 11.8 Å². The summed E-state index contributed by atoms with van der Waals surface area (Å²) in [6, 6.07) is 5.19. The van der Waals surface area contributed by atoms with Gasteiger partial charge >= 0.3 is 0 Å². The summed E-state index contributed by atoms with van der Waals surface area (Å²) >= 11 is 0. The van der Waals surface area contributed by atoms with Crippen LogP contribution in [0.25, 0.3) is 11.3 Å². The number of carbonyl (C=O) groups is 1. The molecule has 1 amide bonds. The lowest BCUT2D eigenvalue weighted by molar-refractivity contribution is -0.117. The number of pyridine rings is 1. The summed E-state index contributed by atoms with van der Waals surface area (Å²) in [5, 5.41) is 2.43. The van der Waals surface area contributed by atoms with Crippen molar-refractivity contribution in [2.45, 2.75) is 56.1 Å². The van der Waals surface area contributed by atoms with Crippen LogP contribution in [0, 0.1) is 0 Å². The highest BCUT2D eigenvalue weighted by Gasteiger charge is 2.36. The van der Waals surface area contributed by atoms with E-state index in [2.05, 4.69) is 35.0 Å². The van der Waals surface area contributed by atoms with Crippen molar-refractivity contribution in [2.75, 3.05) is 10.0 Å². The highest BCUT2D eigenvalue weighted by molar-refractivity contribution is 7.93. The van der Waals surface area contributed by atoms with Gasteiger partial charge in [0.2, 0.25) is 21.9 Å². The van der Waals surface area contributed by atoms with Crippen molar-refractivity contribution in [3.63, 3.8) is 0 Å². The lowest BCUT2D eigenvalue weighted by atomic mass is 10.0. The van der Waals surface area contributed by atoms with E-state index in [1.54, 1.807) is 24.5 Å². The van der Waals surface area contributed by atoms with E-state index in [-0.39, 0.29) is 17.1 Å². The van der Waals surface area contributed by atoms with E-state index in [1.807, 2.05) is 19.2 Å². The lowest BCUT2D eigenvalue weighted by Crippen LogP contribution is -2.23. The summed E-state index contributed by atoms with van der Waals surface area (Å²) in [6.45, 7) is 1.86. The normalized spacial score (nSPS) is 16.6. The molecule has 2 aliphatic rings. The van der Waals surface area contributed by atoms with E-state index >= 15 is 0 Å². The van der Waals surface area contributed by atoms with Crippen LogP contribution in [0.15, 0.2) is 43.0 Å². The van der Waals surface area contributed by atoms with Gasteiger partial charge in [0.25, 0.3) is 0 Å². The molecule has 0 spiro atoms. The summed E-state index contributed by atoms with van der Waals surface area (Å²) in [5.74, 6) is 0.0221. The monoisotopic (exact) mass is 479 g/mol. The molecular formula is C23H25N7O3S. The zero-order valence-corrected chi connectivity index (χ0v) is 19.5. The topological polar surface area (TPSA) is 140 Å². The van der Waals surface area contributed by atoms with Crippen molar-refractivity contribution < 1.29 is 13.2 Å². The van der Waals surface area contributed by atoms with Crippen LogP contribution in [0.3, 0.4) is 0 Å². The zero-order valence-electron chi connectivity index (χ0n) is 18.7. The first kappa shape index (κ1) is 22.3. The van der Waals surface area contributed by atoms with Gasteiger partial charge in [-0.05, 0) is 50.3 Å². The fraction of sp³-hybridized carbons (Fsp3) is 0.391. The van der Waals surface area contributed by atoms with Crippen molar-refractivity contribution in [1.82, 2.24) is 24.9 Å². The molecule has 0 saturated heterocycles. The number of nitrogens with zero attached hydrogens (tertiary/aromatic N) is 5. The van der Waals surface area contributed by atoms with Gasteiger partial charge in [-0.15, -0.1) is 0 Å². The molecule has 3 aromatic heterocycles. The molecule has 11 heteroatoms. The largest absolute Gasteiger partial charge is 0.310 e. The fourth-order valence-electron chi connectivity index (χ4n) is 3.66. The molecule has 0 aliphatic heterocycles. The number of anilines is 2. The van der Waals surface area contributed by atoms with Gasteiger partial charge in [-0.2, -0.15) is 0 Å². The Balaban J connectivity index is 1.27. The van der Waals surface area contributed by atoms with Crippen LogP contribution < -0.4 is 10.0 Å². The number of aromatic nitrogens is 5. The summed E-state index contributed by atoms with van der Waals surface area (Å²) in [7, 11) is -3.48. The minimum atomic E-state index is -3.48. The van der Waals surface area contributed by atoms with Gasteiger partial charge in [0.15, 0.2) is 0 Å². The van der Waals surface area contributed by atoms with Crippen molar-refractivity contribution >= 4 is 27.7 Å². The van der Waals surface area contributed by atoms with E-state index in [0.717, 1.165) is 29.8 Å². The Morgan fingerprint density at radius 3 is 2.56 bits per heavy atom. The van der Waals surface area contributed by atoms with E-state index in [1.165, 1.54) is 6.20 Å². The molecule has 176 valence electrons. The maximum absolute atomic E-state index is 13.0. The molecule has 10 nitrogen and oxygen atoms in total. The van der Waals surface area contributed by atoms with E-state index in [9.17, 15) is 13.2 Å². The van der Waals surface area contributed by atoms with Gasteiger partial charge in [0.1, 0.15) is 5.82 Å². The number of hydrogen-bond donors (Lipinski definition) is 2. The summed E-state index contributed by atoms with van der Waals surface area (Å²) in [4.78, 5) is 34.6. The summed E-state index contributed by atoms with van der Waals surface area (Å²) in [5.41, 5.74) is 3.02. The first-order valence-electron chi connectivity index (χ1n) is 11.4. The van der Waals surface area contributed by atoms with Gasteiger partial charge in [0, 0.05) is 30.1 Å². The summed E-state index contributed by atoms with van der Waals surface area (Å²) in [6.07, 6.45) is 10.7. The number of rotatable bonds is 9. The van der Waals surface area contributed by atoms with Gasteiger partial charge < -0.3 is 5.32 Å².